The zero-order chi connectivity index (χ0) is 12.3. The highest BCUT2D eigenvalue weighted by molar-refractivity contribution is 4.86. The fraction of sp³-hybridized carbons (Fsp3) is 1.00. The summed E-state index contributed by atoms with van der Waals surface area (Å²) in [4.78, 5) is 2.66. The smallest absolute Gasteiger partial charge is 0.00926 e. The molecule has 1 heterocycles. The van der Waals surface area contributed by atoms with Gasteiger partial charge in [0.15, 0.2) is 0 Å². The minimum absolute atomic E-state index is 0.559. The third-order valence-electron chi connectivity index (χ3n) is 5.05. The molecule has 1 aliphatic heterocycles. The lowest BCUT2D eigenvalue weighted by atomic mass is 9.79. The normalized spacial score (nSPS) is 33.9. The van der Waals surface area contributed by atoms with Gasteiger partial charge in [-0.05, 0) is 70.0 Å². The van der Waals surface area contributed by atoms with Crippen LogP contribution in [0.1, 0.15) is 52.4 Å². The van der Waals surface area contributed by atoms with Crippen LogP contribution in [0, 0.1) is 11.3 Å². The summed E-state index contributed by atoms with van der Waals surface area (Å²) in [6, 6.07) is 0.859. The van der Waals surface area contributed by atoms with Crippen LogP contribution in [0.4, 0.5) is 0 Å². The molecule has 2 aliphatic rings. The third kappa shape index (κ3) is 3.69. The molecule has 2 rings (SSSR count). The minimum atomic E-state index is 0.559. The summed E-state index contributed by atoms with van der Waals surface area (Å²) >= 11 is 0. The van der Waals surface area contributed by atoms with Crippen LogP contribution in [-0.4, -0.2) is 37.6 Å². The van der Waals surface area contributed by atoms with Gasteiger partial charge in [0.25, 0.3) is 0 Å². The Bertz CT molecular complexity index is 225. The lowest BCUT2D eigenvalue weighted by Gasteiger charge is -2.41. The van der Waals surface area contributed by atoms with Crippen LogP contribution in [0.25, 0.3) is 0 Å². The molecule has 0 spiro atoms. The number of rotatable bonds is 3. The minimum Gasteiger partial charge on any atom is -0.317 e. The molecule has 1 aliphatic carbocycles. The molecule has 0 bridgehead atoms. The van der Waals surface area contributed by atoms with Gasteiger partial charge in [0.05, 0.1) is 0 Å². The summed E-state index contributed by atoms with van der Waals surface area (Å²) in [6.07, 6.45) is 8.42. The highest BCUT2D eigenvalue weighted by Crippen LogP contribution is 2.32. The Morgan fingerprint density at radius 1 is 1.12 bits per heavy atom. The van der Waals surface area contributed by atoms with Crippen molar-refractivity contribution >= 4 is 0 Å². The largest absolute Gasteiger partial charge is 0.317 e. The van der Waals surface area contributed by atoms with Gasteiger partial charge in [0.2, 0.25) is 0 Å². The predicted octanol–water partition coefficient (Wildman–Crippen LogP) is 2.89. The van der Waals surface area contributed by atoms with Gasteiger partial charge in [0, 0.05) is 12.6 Å². The van der Waals surface area contributed by atoms with Gasteiger partial charge in [0.1, 0.15) is 0 Å². The fourth-order valence-electron chi connectivity index (χ4n) is 3.60. The van der Waals surface area contributed by atoms with E-state index >= 15 is 0 Å². The fourth-order valence-corrected chi connectivity index (χ4v) is 3.60. The van der Waals surface area contributed by atoms with Crippen molar-refractivity contribution in [1.82, 2.24) is 10.2 Å². The third-order valence-corrected chi connectivity index (χ3v) is 5.05. The standard InChI is InChI=1S/C15H30N2/c1-13-4-6-14(7-5-13)17(3)12-15(2)8-10-16-11-9-15/h13-14,16H,4-12H2,1-3H3. The molecule has 17 heavy (non-hydrogen) atoms. The van der Waals surface area contributed by atoms with Crippen LogP contribution in [0.2, 0.25) is 0 Å². The van der Waals surface area contributed by atoms with Gasteiger partial charge in [-0.25, -0.2) is 0 Å². The van der Waals surface area contributed by atoms with Crippen LogP contribution in [0.3, 0.4) is 0 Å². The van der Waals surface area contributed by atoms with Crippen molar-refractivity contribution in [1.29, 1.82) is 0 Å². The number of nitrogens with one attached hydrogen (secondary N) is 1. The molecule has 2 nitrogen and oxygen atoms in total. The molecule has 0 amide bonds. The monoisotopic (exact) mass is 238 g/mol. The lowest BCUT2D eigenvalue weighted by Crippen LogP contribution is -2.45. The Morgan fingerprint density at radius 2 is 1.71 bits per heavy atom. The van der Waals surface area contributed by atoms with E-state index in [-0.39, 0.29) is 0 Å². The van der Waals surface area contributed by atoms with Gasteiger partial charge in [-0.3, -0.25) is 0 Å². The Balaban J connectivity index is 1.81. The van der Waals surface area contributed by atoms with E-state index in [1.54, 1.807) is 0 Å². The van der Waals surface area contributed by atoms with E-state index in [9.17, 15) is 0 Å². The lowest BCUT2D eigenvalue weighted by molar-refractivity contribution is 0.0920. The average Bonchev–Trinajstić information content (AvgIpc) is 2.30. The first kappa shape index (κ1) is 13.4. The highest BCUT2D eigenvalue weighted by Gasteiger charge is 2.31. The summed E-state index contributed by atoms with van der Waals surface area (Å²) in [5.74, 6) is 0.967. The van der Waals surface area contributed by atoms with Crippen LogP contribution >= 0.6 is 0 Å². The Kier molecular flexibility index (Phi) is 4.48. The molecular weight excluding hydrogens is 208 g/mol. The Hall–Kier alpha value is -0.0800. The Labute approximate surface area is 107 Å². The zero-order valence-electron chi connectivity index (χ0n) is 12.0. The quantitative estimate of drug-likeness (QED) is 0.813. The van der Waals surface area contributed by atoms with Crippen molar-refractivity contribution in [3.8, 4) is 0 Å². The van der Waals surface area contributed by atoms with Gasteiger partial charge in [-0.2, -0.15) is 0 Å². The number of hydrogen-bond acceptors (Lipinski definition) is 2. The summed E-state index contributed by atoms with van der Waals surface area (Å²) in [5.41, 5.74) is 0.559. The summed E-state index contributed by atoms with van der Waals surface area (Å²) < 4.78 is 0. The van der Waals surface area contributed by atoms with Crippen molar-refractivity contribution in [3.05, 3.63) is 0 Å². The van der Waals surface area contributed by atoms with Crippen LogP contribution in [0.5, 0.6) is 0 Å². The van der Waals surface area contributed by atoms with Gasteiger partial charge in [-0.15, -0.1) is 0 Å². The number of nitrogens with zero attached hydrogens (tertiary/aromatic N) is 1. The van der Waals surface area contributed by atoms with Gasteiger partial charge in [-0.1, -0.05) is 13.8 Å². The molecule has 1 saturated heterocycles. The molecule has 0 aromatic carbocycles. The number of piperidine rings is 1. The van der Waals surface area contributed by atoms with Gasteiger partial charge >= 0.3 is 0 Å². The van der Waals surface area contributed by atoms with Crippen LogP contribution < -0.4 is 5.32 Å². The number of hydrogen-bond donors (Lipinski definition) is 1. The summed E-state index contributed by atoms with van der Waals surface area (Å²) in [6.45, 7) is 8.62. The van der Waals surface area contributed by atoms with Crippen LogP contribution in [-0.2, 0) is 0 Å². The molecule has 100 valence electrons. The van der Waals surface area contributed by atoms with Gasteiger partial charge < -0.3 is 10.2 Å². The molecule has 0 unspecified atom stereocenters. The van der Waals surface area contributed by atoms with Crippen molar-refractivity contribution in [3.63, 3.8) is 0 Å². The average molecular weight is 238 g/mol. The molecule has 2 heteroatoms. The van der Waals surface area contributed by atoms with Crippen molar-refractivity contribution < 1.29 is 0 Å². The molecule has 1 N–H and O–H groups in total. The maximum Gasteiger partial charge on any atom is 0.00926 e. The van der Waals surface area contributed by atoms with E-state index in [0.29, 0.717) is 5.41 Å². The molecule has 1 saturated carbocycles. The van der Waals surface area contributed by atoms with Crippen molar-refractivity contribution in [2.24, 2.45) is 11.3 Å². The molecule has 2 fully saturated rings. The second-order valence-corrected chi connectivity index (χ2v) is 6.89. The second-order valence-electron chi connectivity index (χ2n) is 6.89. The first-order valence-corrected chi connectivity index (χ1v) is 7.50. The zero-order valence-corrected chi connectivity index (χ0v) is 12.0. The molecule has 0 aromatic rings. The first-order valence-electron chi connectivity index (χ1n) is 7.50. The maximum absolute atomic E-state index is 3.48. The summed E-state index contributed by atoms with van der Waals surface area (Å²) in [7, 11) is 2.36. The SMILES string of the molecule is CC1CCC(N(C)CC2(C)CCNCC2)CC1. The first-order chi connectivity index (χ1) is 8.09. The molecular formula is C15H30N2. The second kappa shape index (κ2) is 5.71. The van der Waals surface area contributed by atoms with Crippen molar-refractivity contribution in [2.75, 3.05) is 26.7 Å². The topological polar surface area (TPSA) is 15.3 Å². The molecule has 0 radical (unpaired) electrons. The van der Waals surface area contributed by atoms with Crippen molar-refractivity contribution in [2.45, 2.75) is 58.4 Å². The van der Waals surface area contributed by atoms with E-state index in [0.717, 1.165) is 12.0 Å². The van der Waals surface area contributed by atoms with E-state index in [2.05, 4.69) is 31.1 Å². The molecule has 0 aromatic heterocycles. The van der Waals surface area contributed by atoms with Crippen LogP contribution in [0.15, 0.2) is 0 Å². The van der Waals surface area contributed by atoms with E-state index in [4.69, 9.17) is 0 Å². The Morgan fingerprint density at radius 3 is 2.29 bits per heavy atom. The molecule has 0 atom stereocenters. The van der Waals surface area contributed by atoms with E-state index in [1.165, 1.54) is 58.2 Å². The maximum atomic E-state index is 3.48. The highest BCUT2D eigenvalue weighted by atomic mass is 15.1. The predicted molar refractivity (Wildman–Crippen MR) is 74.3 cm³/mol. The summed E-state index contributed by atoms with van der Waals surface area (Å²) in [5, 5.41) is 3.48. The van der Waals surface area contributed by atoms with E-state index < -0.39 is 0 Å². The van der Waals surface area contributed by atoms with E-state index in [1.807, 2.05) is 0 Å².